The lowest BCUT2D eigenvalue weighted by molar-refractivity contribution is -0.195. The van der Waals surface area contributed by atoms with E-state index in [4.69, 9.17) is 9.47 Å². The topological polar surface area (TPSA) is 62.2 Å². The van der Waals surface area contributed by atoms with Crippen molar-refractivity contribution in [2.45, 2.75) is 61.1 Å². The molecule has 0 aromatic heterocycles. The zero-order valence-corrected chi connectivity index (χ0v) is 21.6. The minimum absolute atomic E-state index is 0.0584. The van der Waals surface area contributed by atoms with Gasteiger partial charge < -0.3 is 24.4 Å². The molecule has 9 heteroatoms. The van der Waals surface area contributed by atoms with Gasteiger partial charge in [0.2, 0.25) is 5.91 Å². The van der Waals surface area contributed by atoms with E-state index in [1.165, 1.54) is 24.3 Å². The Morgan fingerprint density at radius 2 is 2.05 bits per heavy atom. The number of rotatable bonds is 4. The molecular weight excluding hydrogens is 497 g/mol. The van der Waals surface area contributed by atoms with E-state index in [-0.39, 0.29) is 18.0 Å². The molecule has 38 heavy (non-hydrogen) atoms. The van der Waals surface area contributed by atoms with E-state index in [2.05, 4.69) is 18.0 Å². The molecule has 2 aliphatic heterocycles. The Kier molecular flexibility index (Phi) is 5.63. The zero-order chi connectivity index (χ0) is 27.0. The molecule has 1 saturated carbocycles. The molecule has 6 nitrogen and oxygen atoms in total. The summed E-state index contributed by atoms with van der Waals surface area (Å²) >= 11 is 0. The van der Waals surface area contributed by atoms with E-state index < -0.39 is 28.9 Å². The smallest absolute Gasteiger partial charge is 0.416 e. The van der Waals surface area contributed by atoms with E-state index in [1.807, 2.05) is 6.07 Å². The molecule has 0 unspecified atom stereocenters. The lowest BCUT2D eigenvalue weighted by atomic mass is 9.48. The number of alkyl halides is 3. The van der Waals surface area contributed by atoms with E-state index in [0.717, 1.165) is 36.2 Å². The van der Waals surface area contributed by atoms with Crippen molar-refractivity contribution in [2.75, 3.05) is 27.7 Å². The summed E-state index contributed by atoms with van der Waals surface area (Å²) in [6.07, 6.45) is 0.241. The summed E-state index contributed by atoms with van der Waals surface area (Å²) < 4.78 is 51.6. The van der Waals surface area contributed by atoms with E-state index in [1.54, 1.807) is 19.1 Å². The molecule has 6 rings (SSSR count). The molecule has 2 aromatic carbocycles. The summed E-state index contributed by atoms with van der Waals surface area (Å²) in [5, 5.41) is 12.4. The van der Waals surface area contributed by atoms with Gasteiger partial charge in [0.1, 0.15) is 6.10 Å². The minimum Gasteiger partial charge on any atom is -0.493 e. The molecule has 2 bridgehead atoms. The molecule has 5 atom stereocenters. The van der Waals surface area contributed by atoms with Crippen molar-refractivity contribution < 1.29 is 32.5 Å². The number of nitrogens with zero attached hydrogens (tertiary/aromatic N) is 2. The highest BCUT2D eigenvalue weighted by Crippen LogP contribution is 2.65. The summed E-state index contributed by atoms with van der Waals surface area (Å²) in [5.41, 5.74) is -0.0000866. The van der Waals surface area contributed by atoms with Gasteiger partial charge in [0.05, 0.1) is 29.7 Å². The van der Waals surface area contributed by atoms with Crippen LogP contribution in [0.5, 0.6) is 11.5 Å². The number of carbonyl (C=O) groups excluding carboxylic acids is 1. The summed E-state index contributed by atoms with van der Waals surface area (Å²) in [5.74, 6) is 0.939. The summed E-state index contributed by atoms with van der Waals surface area (Å²) in [6, 6.07) is 8.46. The normalized spacial score (nSPS) is 31.6. The average molecular weight is 529 g/mol. The first-order valence-electron chi connectivity index (χ1n) is 12.9. The van der Waals surface area contributed by atoms with Gasteiger partial charge in [0.25, 0.3) is 0 Å². The van der Waals surface area contributed by atoms with E-state index >= 15 is 0 Å². The van der Waals surface area contributed by atoms with Crippen LogP contribution >= 0.6 is 0 Å². The van der Waals surface area contributed by atoms with Crippen LogP contribution in [0.3, 0.4) is 0 Å². The number of halogens is 3. The molecule has 1 N–H and O–H groups in total. The monoisotopic (exact) mass is 528 g/mol. The molecule has 1 saturated heterocycles. The van der Waals surface area contributed by atoms with Gasteiger partial charge in [-0.05, 0) is 74.7 Å². The molecule has 2 heterocycles. The predicted octanol–water partition coefficient (Wildman–Crippen LogP) is 4.04. The van der Waals surface area contributed by atoms with Gasteiger partial charge in [0.15, 0.2) is 11.5 Å². The van der Waals surface area contributed by atoms with Crippen molar-refractivity contribution in [1.29, 1.82) is 0 Å². The number of ether oxygens (including phenoxy) is 2. The van der Waals surface area contributed by atoms with Gasteiger partial charge in [0, 0.05) is 24.7 Å². The molecule has 1 amide bonds. The number of hydrogen-bond donors (Lipinski definition) is 1. The Balaban J connectivity index is 1.34. The number of benzene rings is 2. The predicted molar refractivity (Wildman–Crippen MR) is 135 cm³/mol. The Hall–Kier alpha value is -3.04. The van der Waals surface area contributed by atoms with Crippen molar-refractivity contribution in [3.8, 4) is 11.5 Å². The number of amides is 1. The summed E-state index contributed by atoms with van der Waals surface area (Å²) in [6.45, 7) is 0.794. The second-order valence-electron chi connectivity index (χ2n) is 11.0. The number of likely N-dealkylation sites (tertiary alicyclic amines) is 1. The van der Waals surface area contributed by atoms with Crippen LogP contribution in [-0.2, 0) is 22.8 Å². The first-order valence-corrected chi connectivity index (χ1v) is 12.9. The van der Waals surface area contributed by atoms with Crippen LogP contribution in [0.25, 0.3) is 6.08 Å². The molecular formula is C29H31F3N2O4. The zero-order valence-electron chi connectivity index (χ0n) is 21.6. The van der Waals surface area contributed by atoms with Crippen molar-refractivity contribution in [3.05, 3.63) is 64.7 Å². The number of carbonyl (C=O) groups is 1. The standard InChI is InChI=1S/C29H31F3N2O4/c1-33-14-13-27-24-18-8-9-21(37-3)25(24)38-26(27)20(11-12-28(27,36)22(33)16-18)34(2)23(35)10-7-17-5-4-6-19(15-17)29(30,31)32/h4-10,15,20,22,26,36H,11-14,16H2,1-3H3/t20-,22+,26-,27-,28+/m0/s1. The van der Waals surface area contributed by atoms with Crippen LogP contribution in [0, 0.1) is 0 Å². The molecule has 2 fully saturated rings. The van der Waals surface area contributed by atoms with Crippen molar-refractivity contribution in [2.24, 2.45) is 0 Å². The maximum Gasteiger partial charge on any atom is 0.416 e. The lowest BCUT2D eigenvalue weighted by Crippen LogP contribution is -2.77. The Morgan fingerprint density at radius 3 is 2.79 bits per heavy atom. The molecule has 2 aromatic rings. The average Bonchev–Trinajstić information content (AvgIpc) is 3.24. The number of hydrogen-bond acceptors (Lipinski definition) is 5. The fourth-order valence-electron chi connectivity index (χ4n) is 7.54. The number of likely N-dealkylation sites (N-methyl/N-ethyl adjacent to an activating group) is 2. The third-order valence-corrected chi connectivity index (χ3v) is 9.38. The van der Waals surface area contributed by atoms with Crippen LogP contribution in [0.15, 0.2) is 42.5 Å². The third kappa shape index (κ3) is 3.37. The lowest BCUT2D eigenvalue weighted by Gasteiger charge is -2.64. The Morgan fingerprint density at radius 1 is 1.26 bits per heavy atom. The third-order valence-electron chi connectivity index (χ3n) is 9.38. The fourth-order valence-corrected chi connectivity index (χ4v) is 7.54. The fraction of sp³-hybridized carbons (Fsp3) is 0.483. The highest BCUT2D eigenvalue weighted by atomic mass is 19.4. The van der Waals surface area contributed by atoms with Gasteiger partial charge >= 0.3 is 6.18 Å². The molecule has 202 valence electrons. The minimum atomic E-state index is -4.45. The van der Waals surface area contributed by atoms with Crippen LogP contribution in [0.2, 0.25) is 0 Å². The van der Waals surface area contributed by atoms with E-state index in [9.17, 15) is 23.1 Å². The summed E-state index contributed by atoms with van der Waals surface area (Å²) in [4.78, 5) is 17.2. The van der Waals surface area contributed by atoms with Gasteiger partial charge in [-0.25, -0.2) is 0 Å². The van der Waals surface area contributed by atoms with Crippen LogP contribution in [0.4, 0.5) is 13.2 Å². The van der Waals surface area contributed by atoms with Crippen molar-refractivity contribution in [3.63, 3.8) is 0 Å². The second-order valence-corrected chi connectivity index (χ2v) is 11.0. The molecule has 0 radical (unpaired) electrons. The van der Waals surface area contributed by atoms with Gasteiger partial charge in [-0.15, -0.1) is 0 Å². The quantitative estimate of drug-likeness (QED) is 0.608. The Labute approximate surface area is 219 Å². The van der Waals surface area contributed by atoms with Gasteiger partial charge in [-0.3, -0.25) is 4.79 Å². The Bertz CT molecular complexity index is 1330. The van der Waals surface area contributed by atoms with Crippen LogP contribution < -0.4 is 9.47 Å². The molecule has 2 aliphatic carbocycles. The van der Waals surface area contributed by atoms with Crippen LogP contribution in [-0.4, -0.2) is 72.4 Å². The summed E-state index contributed by atoms with van der Waals surface area (Å²) in [7, 11) is 5.35. The molecule has 1 spiro atoms. The van der Waals surface area contributed by atoms with Crippen molar-refractivity contribution >= 4 is 12.0 Å². The van der Waals surface area contributed by atoms with E-state index in [0.29, 0.717) is 36.3 Å². The number of methoxy groups -OCH3 is 1. The van der Waals surface area contributed by atoms with Crippen molar-refractivity contribution in [1.82, 2.24) is 9.80 Å². The SMILES string of the molecule is COc1ccc2c3c1O[C@H]1[C@@H](N(C)C(=O)C=Cc4cccc(C(F)(F)F)c4)CC[C@@]4(O)[C@@H](C2)N(C)CC[C@]314. The maximum absolute atomic E-state index is 13.3. The highest BCUT2D eigenvalue weighted by molar-refractivity contribution is 5.92. The highest BCUT2D eigenvalue weighted by Gasteiger charge is 2.73. The van der Waals surface area contributed by atoms with Gasteiger partial charge in [-0.2, -0.15) is 13.2 Å². The molecule has 4 aliphatic rings. The first-order chi connectivity index (χ1) is 18.0. The maximum atomic E-state index is 13.3. The van der Waals surface area contributed by atoms with Crippen LogP contribution in [0.1, 0.15) is 41.5 Å². The largest absolute Gasteiger partial charge is 0.493 e. The second kappa shape index (κ2) is 8.48. The number of piperidine rings is 1. The van der Waals surface area contributed by atoms with Gasteiger partial charge in [-0.1, -0.05) is 18.2 Å². The first kappa shape index (κ1) is 25.2. The number of aliphatic hydroxyl groups is 1.